The number of hydrogen-bond acceptors (Lipinski definition) is 3. The quantitative estimate of drug-likeness (QED) is 0.900. The zero-order valence-corrected chi connectivity index (χ0v) is 12.2. The summed E-state index contributed by atoms with van der Waals surface area (Å²) >= 11 is 3.20. The van der Waals surface area contributed by atoms with E-state index < -0.39 is 17.2 Å². The van der Waals surface area contributed by atoms with E-state index in [2.05, 4.69) is 15.9 Å². The SMILES string of the molecule is COc1cc(F)c(Br)c(C2(CC(=O)O)CC2)c1OC. The van der Waals surface area contributed by atoms with Gasteiger partial charge in [-0.05, 0) is 28.8 Å². The average molecular weight is 333 g/mol. The molecular weight excluding hydrogens is 319 g/mol. The van der Waals surface area contributed by atoms with E-state index in [9.17, 15) is 9.18 Å². The van der Waals surface area contributed by atoms with E-state index in [-0.39, 0.29) is 16.6 Å². The largest absolute Gasteiger partial charge is 0.493 e. The van der Waals surface area contributed by atoms with E-state index in [1.54, 1.807) is 0 Å². The molecule has 1 fully saturated rings. The van der Waals surface area contributed by atoms with Crippen LogP contribution >= 0.6 is 15.9 Å². The number of carbonyl (C=O) groups is 1. The van der Waals surface area contributed by atoms with Gasteiger partial charge in [0.15, 0.2) is 11.5 Å². The van der Waals surface area contributed by atoms with E-state index in [0.29, 0.717) is 24.2 Å². The minimum absolute atomic E-state index is 0.0471. The molecule has 0 radical (unpaired) electrons. The number of carboxylic acid groups (broad SMARTS) is 1. The summed E-state index contributed by atoms with van der Waals surface area (Å²) in [5, 5.41) is 9.02. The number of benzene rings is 1. The van der Waals surface area contributed by atoms with Crippen LogP contribution in [0.1, 0.15) is 24.8 Å². The predicted molar refractivity (Wildman–Crippen MR) is 70.4 cm³/mol. The molecule has 0 aliphatic heterocycles. The van der Waals surface area contributed by atoms with Gasteiger partial charge in [-0.1, -0.05) is 0 Å². The zero-order valence-electron chi connectivity index (χ0n) is 10.6. The Hall–Kier alpha value is -1.30. The normalized spacial score (nSPS) is 16.0. The third-order valence-electron chi connectivity index (χ3n) is 3.44. The molecule has 2 rings (SSSR count). The van der Waals surface area contributed by atoms with Crippen LogP contribution in [-0.4, -0.2) is 25.3 Å². The first-order valence-corrected chi connectivity index (χ1v) is 6.57. The predicted octanol–water partition coefficient (Wildman–Crippen LogP) is 3.11. The Morgan fingerprint density at radius 3 is 2.53 bits per heavy atom. The number of ether oxygens (including phenoxy) is 2. The van der Waals surface area contributed by atoms with Crippen molar-refractivity contribution in [3.63, 3.8) is 0 Å². The first-order chi connectivity index (χ1) is 8.95. The molecule has 1 saturated carbocycles. The summed E-state index contributed by atoms with van der Waals surface area (Å²) in [6.07, 6.45) is 1.34. The number of aliphatic carboxylic acids is 1. The molecule has 0 atom stereocenters. The Morgan fingerprint density at radius 2 is 2.11 bits per heavy atom. The Balaban J connectivity index is 2.61. The van der Waals surface area contributed by atoms with Crippen molar-refractivity contribution < 1.29 is 23.8 Å². The minimum Gasteiger partial charge on any atom is -0.493 e. The highest BCUT2D eigenvalue weighted by Gasteiger charge is 2.50. The molecule has 1 aliphatic rings. The number of methoxy groups -OCH3 is 2. The lowest BCUT2D eigenvalue weighted by molar-refractivity contribution is -0.137. The van der Waals surface area contributed by atoms with E-state index in [0.717, 1.165) is 0 Å². The molecule has 0 bridgehead atoms. The second-order valence-corrected chi connectivity index (χ2v) is 5.43. The van der Waals surface area contributed by atoms with Crippen molar-refractivity contribution in [1.29, 1.82) is 0 Å². The van der Waals surface area contributed by atoms with Crippen LogP contribution in [0, 0.1) is 5.82 Å². The first kappa shape index (κ1) is 14.1. The van der Waals surface area contributed by atoms with Crippen molar-refractivity contribution in [3.05, 3.63) is 21.9 Å². The number of halogens is 2. The van der Waals surface area contributed by atoms with Crippen molar-refractivity contribution in [1.82, 2.24) is 0 Å². The van der Waals surface area contributed by atoms with Gasteiger partial charge in [-0.25, -0.2) is 4.39 Å². The summed E-state index contributed by atoms with van der Waals surface area (Å²) in [4.78, 5) is 11.0. The molecule has 1 aromatic rings. The van der Waals surface area contributed by atoms with Gasteiger partial charge in [0.05, 0.1) is 25.1 Å². The maximum Gasteiger partial charge on any atom is 0.304 e. The van der Waals surface area contributed by atoms with Gasteiger partial charge in [0.25, 0.3) is 0 Å². The fourth-order valence-corrected chi connectivity index (χ4v) is 3.08. The second kappa shape index (κ2) is 5.00. The fraction of sp³-hybridized carbons (Fsp3) is 0.462. The third kappa shape index (κ3) is 2.41. The zero-order chi connectivity index (χ0) is 14.2. The lowest BCUT2D eigenvalue weighted by Gasteiger charge is -2.21. The third-order valence-corrected chi connectivity index (χ3v) is 4.21. The minimum atomic E-state index is -0.908. The summed E-state index contributed by atoms with van der Waals surface area (Å²) < 4.78 is 24.6. The van der Waals surface area contributed by atoms with Gasteiger partial charge in [-0.15, -0.1) is 0 Å². The topological polar surface area (TPSA) is 55.8 Å². The van der Waals surface area contributed by atoms with E-state index >= 15 is 0 Å². The maximum absolute atomic E-state index is 13.9. The molecule has 0 saturated heterocycles. The van der Waals surface area contributed by atoms with E-state index in [1.165, 1.54) is 20.3 Å². The van der Waals surface area contributed by atoms with Crippen molar-refractivity contribution in [2.75, 3.05) is 14.2 Å². The fourth-order valence-electron chi connectivity index (χ4n) is 2.37. The molecule has 4 nitrogen and oxygen atoms in total. The molecule has 0 aromatic heterocycles. The summed E-state index contributed by atoms with van der Waals surface area (Å²) in [7, 11) is 2.88. The van der Waals surface area contributed by atoms with Crippen LogP contribution in [-0.2, 0) is 10.2 Å². The molecule has 104 valence electrons. The molecule has 0 spiro atoms. The maximum atomic E-state index is 13.9. The number of carboxylic acids is 1. The lowest BCUT2D eigenvalue weighted by Crippen LogP contribution is -2.16. The van der Waals surface area contributed by atoms with Crippen LogP contribution in [0.3, 0.4) is 0 Å². The molecule has 0 heterocycles. The van der Waals surface area contributed by atoms with Crippen molar-refractivity contribution >= 4 is 21.9 Å². The Morgan fingerprint density at radius 1 is 1.47 bits per heavy atom. The number of rotatable bonds is 5. The van der Waals surface area contributed by atoms with Crippen LogP contribution in [0.5, 0.6) is 11.5 Å². The van der Waals surface area contributed by atoms with Gasteiger partial charge in [0, 0.05) is 17.0 Å². The molecule has 0 amide bonds. The summed E-state index contributed by atoms with van der Waals surface area (Å²) in [5.41, 5.74) is -0.0139. The van der Waals surface area contributed by atoms with E-state index in [4.69, 9.17) is 14.6 Å². The highest BCUT2D eigenvalue weighted by atomic mass is 79.9. The molecule has 0 unspecified atom stereocenters. The Kier molecular flexibility index (Phi) is 3.71. The van der Waals surface area contributed by atoms with Gasteiger partial charge in [-0.2, -0.15) is 0 Å². The Labute approximate surface area is 118 Å². The molecule has 19 heavy (non-hydrogen) atoms. The average Bonchev–Trinajstić information content (AvgIpc) is 3.11. The van der Waals surface area contributed by atoms with Crippen LogP contribution in [0.2, 0.25) is 0 Å². The van der Waals surface area contributed by atoms with Crippen molar-refractivity contribution in [2.45, 2.75) is 24.7 Å². The summed E-state index contributed by atoms with van der Waals surface area (Å²) in [6, 6.07) is 1.23. The van der Waals surface area contributed by atoms with Gasteiger partial charge < -0.3 is 14.6 Å². The molecular formula is C13H14BrFO4. The van der Waals surface area contributed by atoms with Gasteiger partial charge in [0.2, 0.25) is 0 Å². The standard InChI is InChI=1S/C13H14BrFO4/c1-18-8-5-7(15)11(14)10(12(8)19-2)13(3-4-13)6-9(16)17/h5H,3-4,6H2,1-2H3,(H,16,17). The van der Waals surface area contributed by atoms with Crippen LogP contribution < -0.4 is 9.47 Å². The highest BCUT2D eigenvalue weighted by molar-refractivity contribution is 9.10. The smallest absolute Gasteiger partial charge is 0.304 e. The molecule has 1 aliphatic carbocycles. The van der Waals surface area contributed by atoms with Crippen molar-refractivity contribution in [3.8, 4) is 11.5 Å². The van der Waals surface area contributed by atoms with Crippen LogP contribution in [0.4, 0.5) is 4.39 Å². The van der Waals surface area contributed by atoms with Gasteiger partial charge in [0.1, 0.15) is 5.82 Å². The summed E-state index contributed by atoms with van der Waals surface area (Å²) in [5.74, 6) is -0.719. The first-order valence-electron chi connectivity index (χ1n) is 5.77. The molecule has 1 aromatic carbocycles. The molecule has 1 N–H and O–H groups in total. The van der Waals surface area contributed by atoms with E-state index in [1.807, 2.05) is 0 Å². The van der Waals surface area contributed by atoms with Gasteiger partial charge in [-0.3, -0.25) is 4.79 Å². The highest BCUT2D eigenvalue weighted by Crippen LogP contribution is 2.58. The second-order valence-electron chi connectivity index (χ2n) is 4.63. The molecule has 6 heteroatoms. The van der Waals surface area contributed by atoms with Crippen LogP contribution in [0.15, 0.2) is 10.5 Å². The monoisotopic (exact) mass is 332 g/mol. The Bertz CT molecular complexity index is 526. The summed E-state index contributed by atoms with van der Waals surface area (Å²) in [6.45, 7) is 0. The number of hydrogen-bond donors (Lipinski definition) is 1. The van der Waals surface area contributed by atoms with Crippen molar-refractivity contribution in [2.24, 2.45) is 0 Å². The van der Waals surface area contributed by atoms with Crippen LogP contribution in [0.25, 0.3) is 0 Å². The van der Waals surface area contributed by atoms with Gasteiger partial charge >= 0.3 is 5.97 Å². The lowest BCUT2D eigenvalue weighted by atomic mass is 9.91.